The van der Waals surface area contributed by atoms with Crippen molar-refractivity contribution < 1.29 is 9.18 Å². The van der Waals surface area contributed by atoms with Gasteiger partial charge in [0, 0.05) is 68.0 Å². The summed E-state index contributed by atoms with van der Waals surface area (Å²) < 4.78 is 14.4. The highest BCUT2D eigenvalue weighted by molar-refractivity contribution is 6.13. The third-order valence-electron chi connectivity index (χ3n) is 5.62. The van der Waals surface area contributed by atoms with E-state index in [9.17, 15) is 9.18 Å². The van der Waals surface area contributed by atoms with Crippen molar-refractivity contribution in [2.45, 2.75) is 0 Å². The second-order valence-corrected chi connectivity index (χ2v) is 7.56. The standard InChI is InChI=1S/C22H22FN7O/c23-19-15(2-1-3-18(19)24)20(31)17-12-27-21-16(17)8-13(9-26-21)14-10-28-22(29-11-14)30-6-4-25-5-7-30/h1-3,8,10-12,25-27H,4-7,9,24H2. The molecule has 5 rings (SSSR count). The summed E-state index contributed by atoms with van der Waals surface area (Å²) in [5, 5.41) is 6.58. The number of hydrogen-bond donors (Lipinski definition) is 4. The topological polar surface area (TPSA) is 112 Å². The number of rotatable bonds is 4. The molecule has 2 aromatic heterocycles. The number of carbonyl (C=O) groups excluding carboxylic acids is 1. The van der Waals surface area contributed by atoms with Gasteiger partial charge in [-0.25, -0.2) is 14.4 Å². The molecule has 0 saturated carbocycles. The molecule has 2 aliphatic rings. The van der Waals surface area contributed by atoms with Crippen molar-refractivity contribution in [1.82, 2.24) is 20.3 Å². The Morgan fingerprint density at radius 3 is 2.68 bits per heavy atom. The molecule has 0 atom stereocenters. The summed E-state index contributed by atoms with van der Waals surface area (Å²) in [4.78, 5) is 27.3. The number of anilines is 3. The fourth-order valence-electron chi connectivity index (χ4n) is 3.90. The lowest BCUT2D eigenvalue weighted by molar-refractivity contribution is 0.103. The smallest absolute Gasteiger partial charge is 0.225 e. The molecule has 1 aromatic carbocycles. The predicted octanol–water partition coefficient (Wildman–Crippen LogP) is 2.13. The maximum Gasteiger partial charge on any atom is 0.225 e. The lowest BCUT2D eigenvalue weighted by Gasteiger charge is -2.27. The van der Waals surface area contributed by atoms with E-state index >= 15 is 0 Å². The molecule has 1 fully saturated rings. The van der Waals surface area contributed by atoms with Gasteiger partial charge in [0.1, 0.15) is 5.82 Å². The first kappa shape index (κ1) is 19.3. The van der Waals surface area contributed by atoms with Crippen LogP contribution in [0.2, 0.25) is 0 Å². The number of piperazine rings is 1. The maximum absolute atomic E-state index is 14.4. The van der Waals surface area contributed by atoms with Gasteiger partial charge in [0.2, 0.25) is 5.95 Å². The van der Waals surface area contributed by atoms with E-state index in [0.29, 0.717) is 23.6 Å². The van der Waals surface area contributed by atoms with Gasteiger partial charge in [0.25, 0.3) is 0 Å². The van der Waals surface area contributed by atoms with Crippen molar-refractivity contribution in [3.05, 3.63) is 64.9 Å². The minimum Gasteiger partial charge on any atom is -0.396 e. The van der Waals surface area contributed by atoms with Gasteiger partial charge in [0.05, 0.1) is 11.3 Å². The highest BCUT2D eigenvalue weighted by Crippen LogP contribution is 2.32. The zero-order valence-corrected chi connectivity index (χ0v) is 16.8. The van der Waals surface area contributed by atoms with Crippen molar-refractivity contribution in [2.24, 2.45) is 0 Å². The van der Waals surface area contributed by atoms with E-state index in [1.807, 2.05) is 6.08 Å². The molecule has 4 heterocycles. The summed E-state index contributed by atoms with van der Waals surface area (Å²) in [6.45, 7) is 4.15. The Kier molecular flexibility index (Phi) is 4.87. The molecule has 8 nitrogen and oxygen atoms in total. The number of carbonyl (C=O) groups is 1. The molecular weight excluding hydrogens is 397 g/mol. The molecule has 0 amide bonds. The van der Waals surface area contributed by atoms with Gasteiger partial charge >= 0.3 is 0 Å². The third kappa shape index (κ3) is 3.53. The van der Waals surface area contributed by atoms with Crippen LogP contribution in [0.5, 0.6) is 0 Å². The van der Waals surface area contributed by atoms with Crippen LogP contribution in [0.15, 0.2) is 36.8 Å². The van der Waals surface area contributed by atoms with Crippen LogP contribution in [0.1, 0.15) is 27.0 Å². The van der Waals surface area contributed by atoms with Gasteiger partial charge in [0.15, 0.2) is 11.6 Å². The minimum absolute atomic E-state index is 0.0497. The Bertz CT molecular complexity index is 1160. The van der Waals surface area contributed by atoms with E-state index in [-0.39, 0.29) is 11.3 Å². The van der Waals surface area contributed by atoms with Crippen LogP contribution in [0.4, 0.5) is 21.8 Å². The van der Waals surface area contributed by atoms with Crippen LogP contribution in [0, 0.1) is 5.82 Å². The van der Waals surface area contributed by atoms with Gasteiger partial charge in [-0.1, -0.05) is 6.07 Å². The van der Waals surface area contributed by atoms with Crippen molar-refractivity contribution in [1.29, 1.82) is 0 Å². The highest BCUT2D eigenvalue weighted by atomic mass is 19.1. The Labute approximate surface area is 178 Å². The van der Waals surface area contributed by atoms with Gasteiger partial charge in [-0.2, -0.15) is 0 Å². The summed E-state index contributed by atoms with van der Waals surface area (Å²) >= 11 is 0. The fraction of sp³-hybridized carbons (Fsp3) is 0.227. The molecule has 5 N–H and O–H groups in total. The molecule has 0 spiro atoms. The largest absolute Gasteiger partial charge is 0.396 e. The molecule has 2 aliphatic heterocycles. The predicted molar refractivity (Wildman–Crippen MR) is 119 cm³/mol. The average Bonchev–Trinajstić information content (AvgIpc) is 3.24. The van der Waals surface area contributed by atoms with E-state index in [4.69, 9.17) is 5.73 Å². The summed E-state index contributed by atoms with van der Waals surface area (Å²) in [7, 11) is 0. The first-order valence-electron chi connectivity index (χ1n) is 10.1. The number of hydrogen-bond acceptors (Lipinski definition) is 7. The van der Waals surface area contributed by atoms with Crippen LogP contribution in [0.3, 0.4) is 0 Å². The molecule has 9 heteroatoms. The van der Waals surface area contributed by atoms with Gasteiger partial charge in [-0.3, -0.25) is 4.79 Å². The van der Waals surface area contributed by atoms with Crippen molar-refractivity contribution in [2.75, 3.05) is 48.7 Å². The van der Waals surface area contributed by atoms with E-state index in [1.165, 1.54) is 12.1 Å². The number of ketones is 1. The molecule has 31 heavy (non-hydrogen) atoms. The Balaban J connectivity index is 1.44. The number of H-pyrrole nitrogens is 1. The Morgan fingerprint density at radius 1 is 1.13 bits per heavy atom. The number of aromatic nitrogens is 3. The van der Waals surface area contributed by atoms with Crippen molar-refractivity contribution in [3.8, 4) is 0 Å². The molecule has 158 valence electrons. The van der Waals surface area contributed by atoms with Crippen LogP contribution in [-0.2, 0) is 0 Å². The number of halogens is 1. The zero-order valence-electron chi connectivity index (χ0n) is 16.8. The van der Waals surface area contributed by atoms with Gasteiger partial charge < -0.3 is 26.3 Å². The van der Waals surface area contributed by atoms with Crippen LogP contribution >= 0.6 is 0 Å². The molecule has 0 bridgehead atoms. The molecule has 1 saturated heterocycles. The number of aromatic amines is 1. The molecule has 0 radical (unpaired) electrons. The van der Waals surface area contributed by atoms with Crippen molar-refractivity contribution in [3.63, 3.8) is 0 Å². The number of benzene rings is 1. The first-order chi connectivity index (χ1) is 15.1. The first-order valence-corrected chi connectivity index (χ1v) is 10.1. The average molecular weight is 419 g/mol. The van der Waals surface area contributed by atoms with Gasteiger partial charge in [-0.15, -0.1) is 0 Å². The quantitative estimate of drug-likeness (QED) is 0.379. The lowest BCUT2D eigenvalue weighted by atomic mass is 9.96. The number of nitrogen functional groups attached to an aromatic ring is 1. The maximum atomic E-state index is 14.4. The number of nitrogens with two attached hydrogens (primary N) is 1. The molecular formula is C22H22FN7O. The summed E-state index contributed by atoms with van der Waals surface area (Å²) in [6.07, 6.45) is 7.11. The Hall–Kier alpha value is -3.72. The van der Waals surface area contributed by atoms with Gasteiger partial charge in [-0.05, 0) is 23.8 Å². The minimum atomic E-state index is -0.702. The molecule has 3 aromatic rings. The Morgan fingerprint density at radius 2 is 1.90 bits per heavy atom. The summed E-state index contributed by atoms with van der Waals surface area (Å²) in [5.41, 5.74) is 8.40. The van der Waals surface area contributed by atoms with E-state index < -0.39 is 11.6 Å². The van der Waals surface area contributed by atoms with Crippen molar-refractivity contribution >= 4 is 34.9 Å². The lowest BCUT2D eigenvalue weighted by Crippen LogP contribution is -2.44. The van der Waals surface area contributed by atoms with Crippen LogP contribution in [0.25, 0.3) is 11.6 Å². The second-order valence-electron chi connectivity index (χ2n) is 7.56. The summed E-state index contributed by atoms with van der Waals surface area (Å²) in [5.74, 6) is 0.305. The third-order valence-corrected chi connectivity index (χ3v) is 5.62. The number of nitrogens with one attached hydrogen (secondary N) is 3. The zero-order chi connectivity index (χ0) is 21.4. The number of fused-ring (bicyclic) bond motifs is 1. The van der Waals surface area contributed by atoms with E-state index in [2.05, 4.69) is 30.5 Å². The van der Waals surface area contributed by atoms with E-state index in [0.717, 1.165) is 43.1 Å². The SMILES string of the molecule is Nc1cccc(C(=O)c2c[nH]c3c2C=C(c2cnc(N4CCNCC4)nc2)CN3)c1F. The van der Waals surface area contributed by atoms with Crippen LogP contribution < -0.4 is 21.3 Å². The highest BCUT2D eigenvalue weighted by Gasteiger charge is 2.24. The monoisotopic (exact) mass is 419 g/mol. The fourth-order valence-corrected chi connectivity index (χ4v) is 3.90. The van der Waals surface area contributed by atoms with Crippen LogP contribution in [-0.4, -0.2) is 53.5 Å². The normalized spacial score (nSPS) is 15.8. The molecule has 0 unspecified atom stereocenters. The summed E-state index contributed by atoms with van der Waals surface area (Å²) in [6, 6.07) is 4.45. The number of nitrogens with zero attached hydrogens (tertiary/aromatic N) is 3. The van der Waals surface area contributed by atoms with E-state index in [1.54, 1.807) is 24.7 Å². The second kappa shape index (κ2) is 7.84. The molecule has 0 aliphatic carbocycles.